The molecule has 0 saturated carbocycles. The number of esters is 1. The van der Waals surface area contributed by atoms with Crippen LogP contribution < -0.4 is 4.74 Å². The van der Waals surface area contributed by atoms with Crippen LogP contribution in [0, 0.1) is 0 Å². The second-order valence-electron chi connectivity index (χ2n) is 5.00. The molecule has 22 heavy (non-hydrogen) atoms. The number of ether oxygens (including phenoxy) is 2. The molecule has 0 spiro atoms. The molecule has 2 unspecified atom stereocenters. The van der Waals surface area contributed by atoms with Gasteiger partial charge in [-0.25, -0.2) is 4.79 Å². The summed E-state index contributed by atoms with van der Waals surface area (Å²) in [6.45, 7) is -1.10. The third-order valence-corrected chi connectivity index (χ3v) is 3.73. The van der Waals surface area contributed by atoms with Crippen molar-refractivity contribution in [3.8, 4) is 5.75 Å². The molecule has 1 fully saturated rings. The Hall–Kier alpha value is -2.18. The highest BCUT2D eigenvalue weighted by Gasteiger charge is 2.39. The Labute approximate surface area is 126 Å². The summed E-state index contributed by atoms with van der Waals surface area (Å²) >= 11 is 0. The average molecular weight is 313 g/mol. The number of methoxy groups -OCH3 is 1. The Morgan fingerprint density at radius 2 is 1.95 bits per heavy atom. The van der Waals surface area contributed by atoms with Crippen LogP contribution in [0.15, 0.2) is 24.3 Å². The zero-order chi connectivity index (χ0) is 16.3. The van der Waals surface area contributed by atoms with Crippen LogP contribution in [-0.2, 0) is 14.3 Å². The van der Waals surface area contributed by atoms with E-state index in [1.54, 1.807) is 19.1 Å². The molecule has 120 valence electrons. The van der Waals surface area contributed by atoms with Gasteiger partial charge in [-0.15, -0.1) is 0 Å². The van der Waals surface area contributed by atoms with Crippen molar-refractivity contribution >= 4 is 11.9 Å². The third-order valence-electron chi connectivity index (χ3n) is 3.73. The largest absolute Gasteiger partial charge is 0.467 e. The van der Waals surface area contributed by atoms with Gasteiger partial charge in [-0.3, -0.25) is 4.79 Å². The number of halogens is 2. The van der Waals surface area contributed by atoms with Crippen LogP contribution in [-0.4, -0.2) is 36.5 Å². The maximum atomic E-state index is 12.1. The summed E-state index contributed by atoms with van der Waals surface area (Å²) in [6.07, 6.45) is 0.707. The summed E-state index contributed by atoms with van der Waals surface area (Å²) in [5.41, 5.74) is 0.728. The highest BCUT2D eigenvalue weighted by Crippen LogP contribution is 2.31. The van der Waals surface area contributed by atoms with Gasteiger partial charge in [-0.05, 0) is 31.0 Å². The number of likely N-dealkylation sites (tertiary alicyclic amines) is 1. The molecule has 2 atom stereocenters. The van der Waals surface area contributed by atoms with Crippen molar-refractivity contribution in [3.05, 3.63) is 29.8 Å². The number of alkyl halides is 2. The zero-order valence-corrected chi connectivity index (χ0v) is 12.3. The Kier molecular flexibility index (Phi) is 4.95. The van der Waals surface area contributed by atoms with Gasteiger partial charge in [-0.1, -0.05) is 12.1 Å². The molecule has 1 heterocycles. The van der Waals surface area contributed by atoms with Crippen LogP contribution in [0.25, 0.3) is 0 Å². The fourth-order valence-electron chi connectivity index (χ4n) is 2.64. The number of hydrogen-bond donors (Lipinski definition) is 0. The lowest BCUT2D eigenvalue weighted by molar-refractivity contribution is -0.150. The topological polar surface area (TPSA) is 55.8 Å². The Morgan fingerprint density at radius 3 is 2.50 bits per heavy atom. The van der Waals surface area contributed by atoms with Gasteiger partial charge in [-0.2, -0.15) is 8.78 Å². The Bertz CT molecular complexity index is 547. The lowest BCUT2D eigenvalue weighted by Crippen LogP contribution is -2.40. The molecule has 0 radical (unpaired) electrons. The van der Waals surface area contributed by atoms with E-state index in [9.17, 15) is 18.4 Å². The summed E-state index contributed by atoms with van der Waals surface area (Å²) in [6, 6.07) is 5.05. The van der Waals surface area contributed by atoms with Gasteiger partial charge >= 0.3 is 12.6 Å². The maximum Gasteiger partial charge on any atom is 0.387 e. The van der Waals surface area contributed by atoms with Crippen molar-refractivity contribution in [2.24, 2.45) is 0 Å². The van der Waals surface area contributed by atoms with Gasteiger partial charge < -0.3 is 14.4 Å². The minimum atomic E-state index is -2.88. The lowest BCUT2D eigenvalue weighted by Gasteiger charge is -2.29. The summed E-state index contributed by atoms with van der Waals surface area (Å²) in [5.74, 6) is -0.533. The van der Waals surface area contributed by atoms with Gasteiger partial charge in [0.25, 0.3) is 0 Å². The van der Waals surface area contributed by atoms with Crippen LogP contribution in [0.1, 0.15) is 31.4 Å². The summed E-state index contributed by atoms with van der Waals surface area (Å²) in [5, 5.41) is 0. The van der Waals surface area contributed by atoms with E-state index >= 15 is 0 Å². The molecule has 0 bridgehead atoms. The number of amides is 1. The van der Waals surface area contributed by atoms with Gasteiger partial charge in [0.2, 0.25) is 5.91 Å². The maximum absolute atomic E-state index is 12.1. The molecule has 5 nitrogen and oxygen atoms in total. The fourth-order valence-corrected chi connectivity index (χ4v) is 2.64. The SMILES string of the molecule is COC(=O)C1CCC(=O)N1C(C)c1ccc(OC(F)F)cc1. The summed E-state index contributed by atoms with van der Waals surface area (Å²) in [4.78, 5) is 25.3. The van der Waals surface area contributed by atoms with Crippen molar-refractivity contribution in [2.75, 3.05) is 7.11 Å². The van der Waals surface area contributed by atoms with Crippen molar-refractivity contribution in [1.29, 1.82) is 0 Å². The first kappa shape index (κ1) is 16.2. The number of carbonyl (C=O) groups excluding carboxylic acids is 2. The van der Waals surface area contributed by atoms with Crippen LogP contribution in [0.4, 0.5) is 8.78 Å². The van der Waals surface area contributed by atoms with Crippen molar-refractivity contribution in [2.45, 2.75) is 38.5 Å². The molecule has 0 N–H and O–H groups in total. The van der Waals surface area contributed by atoms with Gasteiger partial charge in [0, 0.05) is 6.42 Å². The van der Waals surface area contributed by atoms with Gasteiger partial charge in [0.05, 0.1) is 13.2 Å². The van der Waals surface area contributed by atoms with Crippen LogP contribution in [0.5, 0.6) is 5.75 Å². The monoisotopic (exact) mass is 313 g/mol. The number of carbonyl (C=O) groups is 2. The quantitative estimate of drug-likeness (QED) is 0.784. The number of nitrogens with zero attached hydrogens (tertiary/aromatic N) is 1. The average Bonchev–Trinajstić information content (AvgIpc) is 2.87. The predicted octanol–water partition coefficient (Wildman–Crippen LogP) is 2.51. The smallest absolute Gasteiger partial charge is 0.387 e. The van der Waals surface area contributed by atoms with Crippen LogP contribution in [0.2, 0.25) is 0 Å². The second-order valence-corrected chi connectivity index (χ2v) is 5.00. The minimum Gasteiger partial charge on any atom is -0.467 e. The predicted molar refractivity (Wildman–Crippen MR) is 73.4 cm³/mol. The molecule has 1 aliphatic heterocycles. The molecule has 7 heteroatoms. The zero-order valence-electron chi connectivity index (χ0n) is 12.3. The lowest BCUT2D eigenvalue weighted by atomic mass is 10.1. The first-order valence-corrected chi connectivity index (χ1v) is 6.87. The number of benzene rings is 1. The van der Waals surface area contributed by atoms with Crippen LogP contribution >= 0.6 is 0 Å². The molecular weight excluding hydrogens is 296 g/mol. The fraction of sp³-hybridized carbons (Fsp3) is 0.467. The second kappa shape index (κ2) is 6.72. The molecule has 1 aromatic rings. The summed E-state index contributed by atoms with van der Waals surface area (Å²) in [7, 11) is 1.28. The van der Waals surface area contributed by atoms with E-state index in [4.69, 9.17) is 4.74 Å². The molecule has 1 saturated heterocycles. The van der Waals surface area contributed by atoms with Crippen molar-refractivity contribution in [1.82, 2.24) is 4.90 Å². The Balaban J connectivity index is 2.16. The highest BCUT2D eigenvalue weighted by atomic mass is 19.3. The normalized spacial score (nSPS) is 19.4. The van der Waals surface area contributed by atoms with E-state index in [2.05, 4.69) is 4.74 Å². The molecule has 1 aliphatic rings. The van der Waals surface area contributed by atoms with E-state index in [-0.39, 0.29) is 24.1 Å². The van der Waals surface area contributed by atoms with Crippen molar-refractivity contribution < 1.29 is 27.8 Å². The van der Waals surface area contributed by atoms with E-state index in [0.717, 1.165) is 5.56 Å². The summed E-state index contributed by atoms with van der Waals surface area (Å²) < 4.78 is 33.3. The molecule has 1 amide bonds. The van der Waals surface area contributed by atoms with Crippen LogP contribution in [0.3, 0.4) is 0 Å². The minimum absolute atomic E-state index is 0.0446. The van der Waals surface area contributed by atoms with E-state index < -0.39 is 18.6 Å². The number of hydrogen-bond acceptors (Lipinski definition) is 4. The first-order chi connectivity index (χ1) is 10.4. The molecule has 0 aliphatic carbocycles. The first-order valence-electron chi connectivity index (χ1n) is 6.87. The molecule has 0 aromatic heterocycles. The van der Waals surface area contributed by atoms with Gasteiger partial charge in [0.15, 0.2) is 0 Å². The third kappa shape index (κ3) is 3.35. The van der Waals surface area contributed by atoms with Crippen molar-refractivity contribution in [3.63, 3.8) is 0 Å². The highest BCUT2D eigenvalue weighted by molar-refractivity contribution is 5.88. The molecule has 1 aromatic carbocycles. The Morgan fingerprint density at radius 1 is 1.32 bits per heavy atom. The van der Waals surface area contributed by atoms with E-state index in [1.807, 2.05) is 0 Å². The van der Waals surface area contributed by atoms with E-state index in [1.165, 1.54) is 24.1 Å². The van der Waals surface area contributed by atoms with E-state index in [0.29, 0.717) is 6.42 Å². The van der Waals surface area contributed by atoms with Gasteiger partial charge in [0.1, 0.15) is 11.8 Å². The molecular formula is C15H17F2NO4. The number of rotatable bonds is 5. The standard InChI is InChI=1S/C15H17F2NO4/c1-9(10-3-5-11(6-4-10)22-15(16)17)18-12(14(20)21-2)7-8-13(18)19/h3-6,9,12,15H,7-8H2,1-2H3. The molecule has 2 rings (SSSR count).